The molecule has 2 aromatic carbocycles. The molecule has 0 fully saturated rings. The Kier molecular flexibility index (Phi) is 6.75. The van der Waals surface area contributed by atoms with Crippen LogP contribution in [0.1, 0.15) is 18.9 Å². The molecule has 0 spiro atoms. The maximum Gasteiger partial charge on any atom is 0.224 e. The monoisotopic (exact) mass is 331 g/mol. The smallest absolute Gasteiger partial charge is 0.224 e. The third kappa shape index (κ3) is 6.01. The van der Waals surface area contributed by atoms with Gasteiger partial charge in [0, 0.05) is 12.1 Å². The van der Waals surface area contributed by atoms with E-state index in [0.717, 1.165) is 5.56 Å². The van der Waals surface area contributed by atoms with Crippen molar-refractivity contribution >= 4 is 11.6 Å². The zero-order valence-electron chi connectivity index (χ0n) is 13.7. The summed E-state index contributed by atoms with van der Waals surface area (Å²) in [4.78, 5) is 12.1. The second-order valence-electron chi connectivity index (χ2n) is 5.79. The van der Waals surface area contributed by atoms with E-state index in [9.17, 15) is 9.18 Å². The summed E-state index contributed by atoms with van der Waals surface area (Å²) in [6.07, 6.45) is 1.01. The van der Waals surface area contributed by atoms with Gasteiger partial charge in [0.1, 0.15) is 18.2 Å². The van der Waals surface area contributed by atoms with Crippen molar-refractivity contribution in [3.05, 3.63) is 59.9 Å². The number of hydrogen-bond donors (Lipinski definition) is 2. The van der Waals surface area contributed by atoms with Crippen molar-refractivity contribution in [3.8, 4) is 5.75 Å². The molecule has 0 aliphatic carbocycles. The van der Waals surface area contributed by atoms with Crippen molar-refractivity contribution in [2.45, 2.75) is 19.8 Å². The lowest BCUT2D eigenvalue weighted by atomic mass is 9.97. The number of hydrogen-bond acceptors (Lipinski definition) is 3. The number of halogens is 1. The summed E-state index contributed by atoms with van der Waals surface area (Å²) < 4.78 is 18.4. The first kappa shape index (κ1) is 17.9. The van der Waals surface area contributed by atoms with E-state index < -0.39 is 0 Å². The van der Waals surface area contributed by atoms with Crippen LogP contribution in [0.3, 0.4) is 0 Å². The van der Waals surface area contributed by atoms with E-state index >= 15 is 0 Å². The van der Waals surface area contributed by atoms with Crippen molar-refractivity contribution in [2.24, 2.45) is 5.92 Å². The lowest BCUT2D eigenvalue weighted by Crippen LogP contribution is -2.16. The highest BCUT2D eigenvalue weighted by Crippen LogP contribution is 2.17. The minimum Gasteiger partial charge on any atom is -0.491 e. The number of anilines is 1. The normalized spacial score (nSPS) is 11.8. The Morgan fingerprint density at radius 3 is 2.67 bits per heavy atom. The summed E-state index contributed by atoms with van der Waals surface area (Å²) in [7, 11) is 0. The summed E-state index contributed by atoms with van der Waals surface area (Å²) in [5.74, 6) is 0.413. The Morgan fingerprint density at radius 1 is 1.25 bits per heavy atom. The van der Waals surface area contributed by atoms with Crippen molar-refractivity contribution < 1.29 is 19.0 Å². The van der Waals surface area contributed by atoms with E-state index in [1.807, 2.05) is 13.0 Å². The lowest BCUT2D eigenvalue weighted by molar-refractivity contribution is -0.116. The quantitative estimate of drug-likeness (QED) is 0.779. The molecule has 0 heterocycles. The largest absolute Gasteiger partial charge is 0.491 e. The first-order valence-corrected chi connectivity index (χ1v) is 7.95. The molecule has 4 nitrogen and oxygen atoms in total. The molecule has 128 valence electrons. The Balaban J connectivity index is 1.81. The molecule has 0 aliphatic heterocycles. The van der Waals surface area contributed by atoms with Crippen LogP contribution in [0, 0.1) is 11.7 Å². The fraction of sp³-hybridized carbons (Fsp3) is 0.316. The standard InChI is InChI=1S/C19H22FNO3/c1-14(11-15-3-2-4-16(20)13-15)12-19(23)21-17-5-7-18(8-6-17)24-10-9-22/h2-8,13-14,22H,9-12H2,1H3,(H,21,23). The summed E-state index contributed by atoms with van der Waals surface area (Å²) in [6, 6.07) is 13.4. The molecule has 0 aliphatic rings. The molecule has 0 radical (unpaired) electrons. The molecule has 0 saturated heterocycles. The Bertz CT molecular complexity index is 658. The molecule has 1 amide bonds. The first-order valence-electron chi connectivity index (χ1n) is 7.95. The van der Waals surface area contributed by atoms with E-state index in [1.54, 1.807) is 30.3 Å². The third-order valence-electron chi connectivity index (χ3n) is 3.51. The highest BCUT2D eigenvalue weighted by Gasteiger charge is 2.11. The SMILES string of the molecule is CC(CC(=O)Nc1ccc(OCCO)cc1)Cc1cccc(F)c1. The van der Waals surface area contributed by atoms with E-state index in [-0.39, 0.29) is 30.9 Å². The van der Waals surface area contributed by atoms with E-state index in [1.165, 1.54) is 12.1 Å². The maximum atomic E-state index is 13.2. The number of carbonyl (C=O) groups excluding carboxylic acids is 1. The van der Waals surface area contributed by atoms with E-state index in [0.29, 0.717) is 24.3 Å². The minimum atomic E-state index is -0.257. The van der Waals surface area contributed by atoms with Gasteiger partial charge in [-0.2, -0.15) is 0 Å². The van der Waals surface area contributed by atoms with Gasteiger partial charge >= 0.3 is 0 Å². The Morgan fingerprint density at radius 2 is 2.00 bits per heavy atom. The van der Waals surface area contributed by atoms with Gasteiger partial charge in [0.05, 0.1) is 6.61 Å². The van der Waals surface area contributed by atoms with Gasteiger partial charge < -0.3 is 15.2 Å². The molecule has 0 bridgehead atoms. The summed E-state index contributed by atoms with van der Waals surface area (Å²) >= 11 is 0. The van der Waals surface area contributed by atoms with Crippen LogP contribution in [0.15, 0.2) is 48.5 Å². The summed E-state index contributed by atoms with van der Waals surface area (Å²) in [6.45, 7) is 2.17. The number of nitrogens with one attached hydrogen (secondary N) is 1. The van der Waals surface area contributed by atoms with Gasteiger partial charge in [-0.05, 0) is 54.3 Å². The predicted molar refractivity (Wildman–Crippen MR) is 91.5 cm³/mol. The molecule has 1 unspecified atom stereocenters. The molecule has 2 N–H and O–H groups in total. The van der Waals surface area contributed by atoms with Gasteiger partial charge in [-0.1, -0.05) is 19.1 Å². The maximum absolute atomic E-state index is 13.2. The topological polar surface area (TPSA) is 58.6 Å². The van der Waals surface area contributed by atoms with Crippen molar-refractivity contribution in [1.82, 2.24) is 0 Å². The van der Waals surface area contributed by atoms with E-state index in [2.05, 4.69) is 5.32 Å². The average molecular weight is 331 g/mol. The third-order valence-corrected chi connectivity index (χ3v) is 3.51. The van der Waals surface area contributed by atoms with E-state index in [4.69, 9.17) is 9.84 Å². The van der Waals surface area contributed by atoms with Gasteiger partial charge in [0.15, 0.2) is 0 Å². The molecule has 0 saturated carbocycles. The van der Waals surface area contributed by atoms with Crippen LogP contribution in [0.4, 0.5) is 10.1 Å². The Labute approximate surface area is 141 Å². The molecule has 2 aromatic rings. The highest BCUT2D eigenvalue weighted by molar-refractivity contribution is 5.90. The van der Waals surface area contributed by atoms with Gasteiger partial charge in [0.2, 0.25) is 5.91 Å². The number of benzene rings is 2. The van der Waals surface area contributed by atoms with Crippen LogP contribution in [0.25, 0.3) is 0 Å². The number of amides is 1. The van der Waals surface area contributed by atoms with Gasteiger partial charge in [-0.15, -0.1) is 0 Å². The minimum absolute atomic E-state index is 0.0400. The lowest BCUT2D eigenvalue weighted by Gasteiger charge is -2.12. The number of aliphatic hydroxyl groups excluding tert-OH is 1. The van der Waals surface area contributed by atoms with Crippen LogP contribution < -0.4 is 10.1 Å². The van der Waals surface area contributed by atoms with Crippen LogP contribution in [0.2, 0.25) is 0 Å². The van der Waals surface area contributed by atoms with Crippen LogP contribution >= 0.6 is 0 Å². The van der Waals surface area contributed by atoms with Crippen molar-refractivity contribution in [1.29, 1.82) is 0 Å². The molecule has 0 aromatic heterocycles. The number of carbonyl (C=O) groups is 1. The molecule has 2 rings (SSSR count). The summed E-state index contributed by atoms with van der Waals surface area (Å²) in [5, 5.41) is 11.5. The van der Waals surface area contributed by atoms with Crippen LogP contribution in [-0.4, -0.2) is 24.2 Å². The molecule has 5 heteroatoms. The molecular weight excluding hydrogens is 309 g/mol. The fourth-order valence-electron chi connectivity index (χ4n) is 2.46. The van der Waals surface area contributed by atoms with Gasteiger partial charge in [-0.3, -0.25) is 4.79 Å². The first-order chi connectivity index (χ1) is 11.6. The fourth-order valence-corrected chi connectivity index (χ4v) is 2.46. The summed E-state index contributed by atoms with van der Waals surface area (Å²) in [5.41, 5.74) is 1.58. The zero-order valence-corrected chi connectivity index (χ0v) is 13.7. The second kappa shape index (κ2) is 9.03. The highest BCUT2D eigenvalue weighted by atomic mass is 19.1. The zero-order chi connectivity index (χ0) is 17.4. The van der Waals surface area contributed by atoms with Gasteiger partial charge in [0.25, 0.3) is 0 Å². The van der Waals surface area contributed by atoms with Crippen molar-refractivity contribution in [3.63, 3.8) is 0 Å². The number of aliphatic hydroxyl groups is 1. The second-order valence-corrected chi connectivity index (χ2v) is 5.79. The van der Waals surface area contributed by atoms with Crippen LogP contribution in [0.5, 0.6) is 5.75 Å². The molecular formula is C19H22FNO3. The number of rotatable bonds is 8. The van der Waals surface area contributed by atoms with Gasteiger partial charge in [-0.25, -0.2) is 4.39 Å². The molecule has 1 atom stereocenters. The Hall–Kier alpha value is -2.40. The predicted octanol–water partition coefficient (Wildman–Crippen LogP) is 3.40. The number of ether oxygens (including phenoxy) is 1. The van der Waals surface area contributed by atoms with Crippen molar-refractivity contribution in [2.75, 3.05) is 18.5 Å². The van der Waals surface area contributed by atoms with Crippen LogP contribution in [-0.2, 0) is 11.2 Å². The molecule has 24 heavy (non-hydrogen) atoms. The average Bonchev–Trinajstić information content (AvgIpc) is 2.54.